The zero-order chi connectivity index (χ0) is 13.6. The minimum Gasteiger partial charge on any atom is -0.384 e. The second kappa shape index (κ2) is 6.75. The van der Waals surface area contributed by atoms with Gasteiger partial charge in [0.2, 0.25) is 0 Å². The van der Waals surface area contributed by atoms with Crippen LogP contribution in [-0.4, -0.2) is 27.8 Å². The van der Waals surface area contributed by atoms with Gasteiger partial charge in [0.15, 0.2) is 9.84 Å². The Labute approximate surface area is 110 Å². The molecule has 0 aliphatic rings. The Bertz CT molecular complexity index is 472. The van der Waals surface area contributed by atoms with Gasteiger partial charge in [0.1, 0.15) is 0 Å². The molecule has 0 amide bonds. The highest BCUT2D eigenvalue weighted by Gasteiger charge is 2.11. The predicted octanol–water partition coefficient (Wildman–Crippen LogP) is 1.88. The predicted molar refractivity (Wildman–Crippen MR) is 75.5 cm³/mol. The van der Waals surface area contributed by atoms with Crippen LogP contribution in [0.3, 0.4) is 0 Å². The van der Waals surface area contributed by atoms with Crippen molar-refractivity contribution in [1.82, 2.24) is 0 Å². The molecule has 1 rings (SSSR count). The zero-order valence-electron chi connectivity index (χ0n) is 11.0. The molecule has 1 unspecified atom stereocenters. The van der Waals surface area contributed by atoms with Crippen LogP contribution in [0.2, 0.25) is 0 Å². The minimum atomic E-state index is -3.17. The number of nitrogens with two attached hydrogens (primary N) is 1. The Hall–Kier alpha value is -1.07. The molecule has 18 heavy (non-hydrogen) atoms. The molecular weight excluding hydrogens is 248 g/mol. The fourth-order valence-electron chi connectivity index (χ4n) is 1.73. The Balaban J connectivity index is 2.58. The van der Waals surface area contributed by atoms with Gasteiger partial charge in [0.25, 0.3) is 0 Å². The molecule has 102 valence electrons. The molecule has 1 aromatic carbocycles. The number of benzene rings is 1. The van der Waals surface area contributed by atoms with Crippen molar-refractivity contribution in [3.8, 4) is 0 Å². The van der Waals surface area contributed by atoms with Gasteiger partial charge in [-0.05, 0) is 37.4 Å². The topological polar surface area (TPSA) is 72.2 Å². The number of hydrogen-bond donors (Lipinski definition) is 2. The summed E-state index contributed by atoms with van der Waals surface area (Å²) in [5.74, 6) is 0.511. The lowest BCUT2D eigenvalue weighted by Crippen LogP contribution is -2.13. The van der Waals surface area contributed by atoms with E-state index in [1.165, 1.54) is 6.26 Å². The smallest absolute Gasteiger partial charge is 0.177 e. The van der Waals surface area contributed by atoms with Gasteiger partial charge >= 0.3 is 0 Å². The van der Waals surface area contributed by atoms with Crippen LogP contribution in [0.15, 0.2) is 29.2 Å². The van der Waals surface area contributed by atoms with Gasteiger partial charge in [-0.1, -0.05) is 19.1 Å². The molecule has 0 saturated heterocycles. The van der Waals surface area contributed by atoms with E-state index in [0.717, 1.165) is 19.4 Å². The van der Waals surface area contributed by atoms with Crippen molar-refractivity contribution in [3.63, 3.8) is 0 Å². The first-order valence-corrected chi connectivity index (χ1v) is 8.07. The fourth-order valence-corrected chi connectivity index (χ4v) is 2.59. The molecule has 1 atom stereocenters. The second-order valence-corrected chi connectivity index (χ2v) is 6.66. The Morgan fingerprint density at radius 2 is 2.00 bits per heavy atom. The molecule has 0 bridgehead atoms. The van der Waals surface area contributed by atoms with E-state index >= 15 is 0 Å². The van der Waals surface area contributed by atoms with Crippen molar-refractivity contribution in [3.05, 3.63) is 24.3 Å². The number of para-hydroxylation sites is 1. The van der Waals surface area contributed by atoms with Crippen molar-refractivity contribution >= 4 is 15.5 Å². The molecule has 0 heterocycles. The Kier molecular flexibility index (Phi) is 5.62. The highest BCUT2D eigenvalue weighted by Crippen LogP contribution is 2.20. The quantitative estimate of drug-likeness (QED) is 0.742. The summed E-state index contributed by atoms with van der Waals surface area (Å²) in [6.07, 6.45) is 3.25. The first-order chi connectivity index (χ1) is 8.45. The fraction of sp³-hybridized carbons (Fsp3) is 0.538. The standard InChI is InChI=1S/C13H22N2O2S/c1-11(10-14)6-5-9-15-12-7-3-4-8-13(12)18(2,16)17/h3-4,7-8,11,15H,5-6,9-10,14H2,1-2H3. The van der Waals surface area contributed by atoms with E-state index < -0.39 is 9.84 Å². The lowest BCUT2D eigenvalue weighted by molar-refractivity contribution is 0.529. The summed E-state index contributed by atoms with van der Waals surface area (Å²) < 4.78 is 23.2. The molecule has 4 nitrogen and oxygen atoms in total. The molecule has 0 saturated carbocycles. The van der Waals surface area contributed by atoms with E-state index in [4.69, 9.17) is 5.73 Å². The molecule has 5 heteroatoms. The Morgan fingerprint density at radius 1 is 1.33 bits per heavy atom. The third-order valence-corrected chi connectivity index (χ3v) is 4.03. The lowest BCUT2D eigenvalue weighted by atomic mass is 10.1. The normalized spacial score (nSPS) is 13.3. The first kappa shape index (κ1) is 15.0. The number of anilines is 1. The molecule has 0 aliphatic carbocycles. The van der Waals surface area contributed by atoms with Crippen LogP contribution in [0.5, 0.6) is 0 Å². The zero-order valence-corrected chi connectivity index (χ0v) is 11.8. The van der Waals surface area contributed by atoms with Gasteiger partial charge in [-0.15, -0.1) is 0 Å². The van der Waals surface area contributed by atoms with E-state index in [0.29, 0.717) is 23.0 Å². The third-order valence-electron chi connectivity index (χ3n) is 2.88. The monoisotopic (exact) mass is 270 g/mol. The van der Waals surface area contributed by atoms with Crippen LogP contribution in [0.1, 0.15) is 19.8 Å². The highest BCUT2D eigenvalue weighted by molar-refractivity contribution is 7.90. The summed E-state index contributed by atoms with van der Waals surface area (Å²) in [6.45, 7) is 3.57. The number of nitrogens with one attached hydrogen (secondary N) is 1. The van der Waals surface area contributed by atoms with Gasteiger partial charge in [0.05, 0.1) is 10.6 Å². The van der Waals surface area contributed by atoms with Crippen molar-refractivity contribution in [2.45, 2.75) is 24.7 Å². The molecule has 0 fully saturated rings. The average molecular weight is 270 g/mol. The van der Waals surface area contributed by atoms with Crippen LogP contribution >= 0.6 is 0 Å². The maximum atomic E-state index is 11.6. The van der Waals surface area contributed by atoms with Crippen molar-refractivity contribution < 1.29 is 8.42 Å². The average Bonchev–Trinajstić information content (AvgIpc) is 2.33. The van der Waals surface area contributed by atoms with Crippen molar-refractivity contribution in [2.75, 3.05) is 24.7 Å². The summed E-state index contributed by atoms with van der Waals surface area (Å²) in [7, 11) is -3.17. The molecule has 0 aromatic heterocycles. The van der Waals surface area contributed by atoms with Gasteiger partial charge < -0.3 is 11.1 Å². The van der Waals surface area contributed by atoms with E-state index in [1.807, 2.05) is 6.07 Å². The maximum Gasteiger partial charge on any atom is 0.177 e. The highest BCUT2D eigenvalue weighted by atomic mass is 32.2. The number of sulfone groups is 1. The summed E-state index contributed by atoms with van der Waals surface area (Å²) in [6, 6.07) is 6.99. The van der Waals surface area contributed by atoms with Gasteiger partial charge in [-0.2, -0.15) is 0 Å². The van der Waals surface area contributed by atoms with E-state index in [1.54, 1.807) is 18.2 Å². The van der Waals surface area contributed by atoms with Crippen molar-refractivity contribution in [1.29, 1.82) is 0 Å². The molecule has 0 aliphatic heterocycles. The van der Waals surface area contributed by atoms with Crippen LogP contribution in [0.25, 0.3) is 0 Å². The van der Waals surface area contributed by atoms with Crippen LogP contribution < -0.4 is 11.1 Å². The largest absolute Gasteiger partial charge is 0.384 e. The van der Waals surface area contributed by atoms with Crippen LogP contribution in [0.4, 0.5) is 5.69 Å². The molecule has 0 radical (unpaired) electrons. The summed E-state index contributed by atoms with van der Waals surface area (Å²) in [5.41, 5.74) is 6.23. The van der Waals surface area contributed by atoms with Crippen LogP contribution in [-0.2, 0) is 9.84 Å². The summed E-state index contributed by atoms with van der Waals surface area (Å²) in [5, 5.41) is 3.18. The third kappa shape index (κ3) is 4.66. The summed E-state index contributed by atoms with van der Waals surface area (Å²) in [4.78, 5) is 0.358. The number of rotatable bonds is 7. The van der Waals surface area contributed by atoms with E-state index in [2.05, 4.69) is 12.2 Å². The first-order valence-electron chi connectivity index (χ1n) is 6.18. The SMILES string of the molecule is CC(CN)CCCNc1ccccc1S(C)(=O)=O. The minimum absolute atomic E-state index is 0.358. The van der Waals surface area contributed by atoms with Crippen LogP contribution in [0, 0.1) is 5.92 Å². The summed E-state index contributed by atoms with van der Waals surface area (Å²) >= 11 is 0. The molecule has 1 aromatic rings. The van der Waals surface area contributed by atoms with E-state index in [9.17, 15) is 8.42 Å². The maximum absolute atomic E-state index is 11.6. The number of hydrogen-bond acceptors (Lipinski definition) is 4. The van der Waals surface area contributed by atoms with Gasteiger partial charge in [0, 0.05) is 12.8 Å². The molecule has 3 N–H and O–H groups in total. The van der Waals surface area contributed by atoms with Gasteiger partial charge in [-0.3, -0.25) is 0 Å². The Morgan fingerprint density at radius 3 is 2.61 bits per heavy atom. The van der Waals surface area contributed by atoms with Gasteiger partial charge in [-0.25, -0.2) is 8.42 Å². The van der Waals surface area contributed by atoms with Crippen molar-refractivity contribution in [2.24, 2.45) is 11.7 Å². The molecule has 0 spiro atoms. The second-order valence-electron chi connectivity index (χ2n) is 4.68. The van der Waals surface area contributed by atoms with E-state index in [-0.39, 0.29) is 0 Å². The lowest BCUT2D eigenvalue weighted by Gasteiger charge is -2.12. The molecular formula is C13H22N2O2S.